The molecule has 2 rings (SSSR count). The summed E-state index contributed by atoms with van der Waals surface area (Å²) in [4.78, 5) is 15.0. The van der Waals surface area contributed by atoms with E-state index >= 15 is 0 Å². The first-order chi connectivity index (χ1) is 9.06. The second-order valence-electron chi connectivity index (χ2n) is 3.94. The Morgan fingerprint density at radius 2 is 2.05 bits per heavy atom. The number of nitrogens with zero attached hydrogens (tertiary/aromatic N) is 1. The summed E-state index contributed by atoms with van der Waals surface area (Å²) in [7, 11) is 0. The predicted octanol–water partition coefficient (Wildman–Crippen LogP) is 2.63. The summed E-state index contributed by atoms with van der Waals surface area (Å²) >= 11 is 5.79. The minimum absolute atomic E-state index is 0.0357. The van der Waals surface area contributed by atoms with Crippen LogP contribution in [0.4, 0.5) is 11.5 Å². The Labute approximate surface area is 115 Å². The van der Waals surface area contributed by atoms with E-state index in [9.17, 15) is 4.79 Å². The van der Waals surface area contributed by atoms with Gasteiger partial charge in [0.1, 0.15) is 5.82 Å². The lowest BCUT2D eigenvalue weighted by Crippen LogP contribution is -2.07. The van der Waals surface area contributed by atoms with Crippen molar-refractivity contribution in [2.24, 2.45) is 0 Å². The van der Waals surface area contributed by atoms with E-state index in [1.807, 2.05) is 12.1 Å². The summed E-state index contributed by atoms with van der Waals surface area (Å²) in [5, 5.41) is 12.7. The second-order valence-corrected chi connectivity index (χ2v) is 4.38. The highest BCUT2D eigenvalue weighted by atomic mass is 35.5. The third kappa shape index (κ3) is 3.35. The van der Waals surface area contributed by atoms with Crippen molar-refractivity contribution < 1.29 is 9.90 Å². The number of hydrogen-bond acceptors (Lipinski definition) is 4. The molecular weight excluding hydrogens is 266 g/mol. The average Bonchev–Trinajstić information content (AvgIpc) is 2.39. The van der Waals surface area contributed by atoms with Crippen molar-refractivity contribution in [3.05, 3.63) is 52.7 Å². The van der Waals surface area contributed by atoms with Crippen molar-refractivity contribution in [3.8, 4) is 0 Å². The largest absolute Gasteiger partial charge is 0.478 e. The number of carboxylic acid groups (broad SMARTS) is 1. The maximum Gasteiger partial charge on any atom is 0.337 e. The Hall–Kier alpha value is -2.27. The Kier molecular flexibility index (Phi) is 3.87. The molecule has 0 saturated carbocycles. The van der Waals surface area contributed by atoms with E-state index in [1.165, 1.54) is 12.3 Å². The van der Waals surface area contributed by atoms with E-state index in [2.05, 4.69) is 10.3 Å². The molecule has 5 nitrogen and oxygen atoms in total. The fourth-order valence-electron chi connectivity index (χ4n) is 1.54. The van der Waals surface area contributed by atoms with Gasteiger partial charge in [-0.15, -0.1) is 0 Å². The van der Waals surface area contributed by atoms with E-state index in [4.69, 9.17) is 22.4 Å². The van der Waals surface area contributed by atoms with Gasteiger partial charge in [-0.25, -0.2) is 9.78 Å². The third-order valence-electron chi connectivity index (χ3n) is 2.55. The molecule has 0 spiro atoms. The number of carboxylic acids is 1. The van der Waals surface area contributed by atoms with Gasteiger partial charge in [0.2, 0.25) is 0 Å². The van der Waals surface area contributed by atoms with Gasteiger partial charge in [-0.05, 0) is 23.8 Å². The molecule has 0 radical (unpaired) electrons. The number of nitrogen functional groups attached to an aromatic ring is 1. The first-order valence-electron chi connectivity index (χ1n) is 5.53. The number of benzene rings is 1. The first-order valence-corrected chi connectivity index (χ1v) is 5.91. The molecule has 19 heavy (non-hydrogen) atoms. The number of aromatic carboxylic acids is 1. The molecular formula is C13H12ClN3O2. The summed E-state index contributed by atoms with van der Waals surface area (Å²) in [6.45, 7) is 0.521. The number of aromatic nitrogens is 1. The van der Waals surface area contributed by atoms with Gasteiger partial charge in [0, 0.05) is 11.6 Å². The van der Waals surface area contributed by atoms with E-state index in [1.54, 1.807) is 12.1 Å². The fourth-order valence-corrected chi connectivity index (χ4v) is 1.67. The van der Waals surface area contributed by atoms with E-state index in [0.29, 0.717) is 17.4 Å². The minimum Gasteiger partial charge on any atom is -0.478 e. The Bertz CT molecular complexity index is 599. The maximum atomic E-state index is 10.9. The van der Waals surface area contributed by atoms with Crippen LogP contribution in [0.3, 0.4) is 0 Å². The van der Waals surface area contributed by atoms with Crippen molar-refractivity contribution >= 4 is 29.1 Å². The van der Waals surface area contributed by atoms with Crippen LogP contribution < -0.4 is 11.1 Å². The molecule has 98 valence electrons. The van der Waals surface area contributed by atoms with Crippen LogP contribution in [0.25, 0.3) is 0 Å². The number of carbonyl (C=O) groups is 1. The van der Waals surface area contributed by atoms with E-state index in [-0.39, 0.29) is 11.3 Å². The molecule has 6 heteroatoms. The number of pyridine rings is 1. The van der Waals surface area contributed by atoms with Crippen LogP contribution in [-0.2, 0) is 6.54 Å². The molecule has 0 aliphatic heterocycles. The van der Waals surface area contributed by atoms with Gasteiger partial charge in [0.15, 0.2) is 0 Å². The van der Waals surface area contributed by atoms with E-state index in [0.717, 1.165) is 5.56 Å². The van der Waals surface area contributed by atoms with Crippen LogP contribution in [0.2, 0.25) is 5.02 Å². The van der Waals surface area contributed by atoms with Gasteiger partial charge >= 0.3 is 5.97 Å². The fraction of sp³-hybridized carbons (Fsp3) is 0.0769. The molecule has 0 saturated heterocycles. The molecule has 1 aromatic heterocycles. The summed E-state index contributed by atoms with van der Waals surface area (Å²) < 4.78 is 0. The Morgan fingerprint density at radius 1 is 1.37 bits per heavy atom. The Balaban J connectivity index is 2.09. The molecule has 0 aliphatic rings. The first kappa shape index (κ1) is 13.2. The molecule has 1 aromatic carbocycles. The summed E-state index contributed by atoms with van der Waals surface area (Å²) in [5.74, 6) is -0.615. The molecule has 2 aromatic rings. The monoisotopic (exact) mass is 277 g/mol. The lowest BCUT2D eigenvalue weighted by atomic mass is 10.2. The lowest BCUT2D eigenvalue weighted by molar-refractivity contribution is 0.0698. The van der Waals surface area contributed by atoms with Gasteiger partial charge in [-0.3, -0.25) is 0 Å². The van der Waals surface area contributed by atoms with Crippen molar-refractivity contribution in [2.45, 2.75) is 6.54 Å². The average molecular weight is 278 g/mol. The summed E-state index contributed by atoms with van der Waals surface area (Å²) in [6, 6.07) is 8.75. The number of hydrogen-bond donors (Lipinski definition) is 3. The number of anilines is 2. The van der Waals surface area contributed by atoms with Crippen LogP contribution in [0.1, 0.15) is 15.9 Å². The zero-order valence-electron chi connectivity index (χ0n) is 9.93. The normalized spacial score (nSPS) is 10.2. The zero-order valence-corrected chi connectivity index (χ0v) is 10.7. The predicted molar refractivity (Wildman–Crippen MR) is 74.4 cm³/mol. The van der Waals surface area contributed by atoms with Crippen LogP contribution in [0.5, 0.6) is 0 Å². The minimum atomic E-state index is -1.07. The molecule has 1 heterocycles. The summed E-state index contributed by atoms with van der Waals surface area (Å²) in [6.07, 6.45) is 1.33. The quantitative estimate of drug-likeness (QED) is 0.799. The highest BCUT2D eigenvalue weighted by Gasteiger charge is 2.09. The number of nitrogens with one attached hydrogen (secondary N) is 1. The van der Waals surface area contributed by atoms with Crippen molar-refractivity contribution in [2.75, 3.05) is 11.1 Å². The maximum absolute atomic E-state index is 10.9. The molecule has 0 fully saturated rings. The number of halogens is 1. The van der Waals surface area contributed by atoms with Gasteiger partial charge in [-0.1, -0.05) is 23.7 Å². The third-order valence-corrected chi connectivity index (χ3v) is 2.80. The summed E-state index contributed by atoms with van der Waals surface area (Å²) in [5.41, 5.74) is 6.72. The SMILES string of the molecule is Nc1cnc(NCc2ccc(Cl)cc2)cc1C(=O)O. The zero-order chi connectivity index (χ0) is 13.8. The smallest absolute Gasteiger partial charge is 0.337 e. The molecule has 0 aliphatic carbocycles. The van der Waals surface area contributed by atoms with Crippen LogP contribution in [-0.4, -0.2) is 16.1 Å². The van der Waals surface area contributed by atoms with Gasteiger partial charge in [0.05, 0.1) is 17.4 Å². The molecule has 0 amide bonds. The number of rotatable bonds is 4. The van der Waals surface area contributed by atoms with Crippen molar-refractivity contribution in [1.29, 1.82) is 0 Å². The highest BCUT2D eigenvalue weighted by molar-refractivity contribution is 6.30. The molecule has 0 atom stereocenters. The lowest BCUT2D eigenvalue weighted by Gasteiger charge is -2.08. The topological polar surface area (TPSA) is 88.2 Å². The Morgan fingerprint density at radius 3 is 2.68 bits per heavy atom. The number of nitrogens with two attached hydrogens (primary N) is 1. The standard InChI is InChI=1S/C13H12ClN3O2/c14-9-3-1-8(2-4-9)6-16-12-5-10(13(18)19)11(15)7-17-12/h1-5,7H,6,15H2,(H,16,17)(H,18,19). The molecule has 4 N–H and O–H groups in total. The second kappa shape index (κ2) is 5.58. The van der Waals surface area contributed by atoms with E-state index < -0.39 is 5.97 Å². The van der Waals surface area contributed by atoms with Gasteiger partial charge in [-0.2, -0.15) is 0 Å². The van der Waals surface area contributed by atoms with Crippen molar-refractivity contribution in [1.82, 2.24) is 4.98 Å². The van der Waals surface area contributed by atoms with Crippen LogP contribution in [0.15, 0.2) is 36.5 Å². The van der Waals surface area contributed by atoms with Crippen LogP contribution >= 0.6 is 11.6 Å². The molecule has 0 bridgehead atoms. The van der Waals surface area contributed by atoms with Gasteiger partial charge in [0.25, 0.3) is 0 Å². The van der Waals surface area contributed by atoms with Crippen LogP contribution in [0, 0.1) is 0 Å². The van der Waals surface area contributed by atoms with Gasteiger partial charge < -0.3 is 16.2 Å². The molecule has 0 unspecified atom stereocenters. The van der Waals surface area contributed by atoms with Crippen molar-refractivity contribution in [3.63, 3.8) is 0 Å². The highest BCUT2D eigenvalue weighted by Crippen LogP contribution is 2.16.